The second-order valence-electron chi connectivity index (χ2n) is 5.18. The van der Waals surface area contributed by atoms with Crippen LogP contribution in [0.3, 0.4) is 0 Å². The molecule has 0 atom stereocenters. The van der Waals surface area contributed by atoms with Gasteiger partial charge in [0.05, 0.1) is 6.21 Å². The highest BCUT2D eigenvalue weighted by atomic mass is 16.4. The highest BCUT2D eigenvalue weighted by Crippen LogP contribution is 2.16. The van der Waals surface area contributed by atoms with Gasteiger partial charge < -0.3 is 5.21 Å². The van der Waals surface area contributed by atoms with Crippen LogP contribution in [-0.2, 0) is 6.54 Å². The lowest BCUT2D eigenvalue weighted by atomic mass is 9.94. The van der Waals surface area contributed by atoms with Crippen molar-refractivity contribution in [2.75, 3.05) is 13.1 Å². The zero-order valence-electron chi connectivity index (χ0n) is 11.2. The monoisotopic (exact) mass is 246 g/mol. The summed E-state index contributed by atoms with van der Waals surface area (Å²) in [6.07, 6.45) is 3.48. The molecule has 0 aromatic heterocycles. The molecule has 0 radical (unpaired) electrons. The van der Waals surface area contributed by atoms with Crippen LogP contribution in [0.5, 0.6) is 0 Å². The third-order valence-corrected chi connectivity index (χ3v) is 2.67. The van der Waals surface area contributed by atoms with Crippen molar-refractivity contribution in [1.82, 2.24) is 4.90 Å². The molecule has 0 fully saturated rings. The molecule has 1 aromatic rings. The molecule has 3 heteroatoms. The van der Waals surface area contributed by atoms with Crippen LogP contribution in [0.15, 0.2) is 48.1 Å². The van der Waals surface area contributed by atoms with E-state index >= 15 is 0 Å². The summed E-state index contributed by atoms with van der Waals surface area (Å²) in [5.41, 5.74) is 1.11. The molecular formula is C15H22N2O. The van der Waals surface area contributed by atoms with Crippen LogP contribution in [-0.4, -0.2) is 29.4 Å². The second kappa shape index (κ2) is 6.97. The zero-order chi connectivity index (χ0) is 13.4. The third-order valence-electron chi connectivity index (χ3n) is 2.67. The van der Waals surface area contributed by atoms with Crippen LogP contribution < -0.4 is 0 Å². The number of oxime groups is 1. The van der Waals surface area contributed by atoms with E-state index in [1.807, 2.05) is 38.1 Å². The van der Waals surface area contributed by atoms with Gasteiger partial charge in [-0.15, -0.1) is 11.7 Å². The van der Waals surface area contributed by atoms with Gasteiger partial charge in [0.15, 0.2) is 0 Å². The van der Waals surface area contributed by atoms with Crippen LogP contribution in [0.1, 0.15) is 19.4 Å². The van der Waals surface area contributed by atoms with Gasteiger partial charge in [-0.2, -0.15) is 0 Å². The predicted octanol–water partition coefficient (Wildman–Crippen LogP) is 3.16. The Kier molecular flexibility index (Phi) is 5.59. The molecule has 1 aromatic carbocycles. The summed E-state index contributed by atoms with van der Waals surface area (Å²) in [4.78, 5) is 2.28. The molecular weight excluding hydrogens is 224 g/mol. The number of benzene rings is 1. The molecule has 3 nitrogen and oxygen atoms in total. The van der Waals surface area contributed by atoms with Crippen molar-refractivity contribution in [2.45, 2.75) is 20.4 Å². The van der Waals surface area contributed by atoms with Crippen LogP contribution >= 0.6 is 0 Å². The first-order valence-electron chi connectivity index (χ1n) is 6.13. The highest BCUT2D eigenvalue weighted by Gasteiger charge is 2.19. The summed E-state index contributed by atoms with van der Waals surface area (Å²) in [7, 11) is 0. The maximum Gasteiger partial charge on any atom is 0.0504 e. The van der Waals surface area contributed by atoms with Gasteiger partial charge in [0.1, 0.15) is 0 Å². The van der Waals surface area contributed by atoms with E-state index in [9.17, 15) is 0 Å². The fourth-order valence-corrected chi connectivity index (χ4v) is 1.98. The molecule has 0 aliphatic carbocycles. The fourth-order valence-electron chi connectivity index (χ4n) is 1.98. The van der Waals surface area contributed by atoms with E-state index in [2.05, 4.69) is 28.8 Å². The third kappa shape index (κ3) is 5.15. The second-order valence-corrected chi connectivity index (χ2v) is 5.18. The Balaban J connectivity index is 2.68. The van der Waals surface area contributed by atoms with Crippen molar-refractivity contribution in [3.8, 4) is 0 Å². The quantitative estimate of drug-likeness (QED) is 0.347. The standard InChI is InChI=1S/C15H22N2O/c1-4-10-17(13-15(2,3)12-16-18)11-14-8-6-5-7-9-14/h4-9,12,18H,1,10-11,13H2,2-3H3. The Hall–Kier alpha value is -1.61. The summed E-state index contributed by atoms with van der Waals surface area (Å²) in [5.74, 6) is 0. The molecule has 0 amide bonds. The van der Waals surface area contributed by atoms with E-state index in [1.54, 1.807) is 6.21 Å². The minimum Gasteiger partial charge on any atom is -0.411 e. The zero-order valence-corrected chi connectivity index (χ0v) is 11.2. The van der Waals surface area contributed by atoms with Crippen LogP contribution in [0.4, 0.5) is 0 Å². The SMILES string of the molecule is C=CCN(Cc1ccccc1)CC(C)(C)C=NO. The lowest BCUT2D eigenvalue weighted by Gasteiger charge is -2.29. The average molecular weight is 246 g/mol. The lowest BCUT2D eigenvalue weighted by molar-refractivity contribution is 0.230. The van der Waals surface area contributed by atoms with Crippen LogP contribution in [0.25, 0.3) is 0 Å². The van der Waals surface area contributed by atoms with Gasteiger partial charge >= 0.3 is 0 Å². The number of nitrogens with zero attached hydrogens (tertiary/aromatic N) is 2. The van der Waals surface area contributed by atoms with Gasteiger partial charge in [0, 0.05) is 25.0 Å². The minimum absolute atomic E-state index is 0.160. The summed E-state index contributed by atoms with van der Waals surface area (Å²) >= 11 is 0. The summed E-state index contributed by atoms with van der Waals surface area (Å²) in [5, 5.41) is 11.8. The van der Waals surface area contributed by atoms with Gasteiger partial charge in [-0.1, -0.05) is 50.3 Å². The van der Waals surface area contributed by atoms with Gasteiger partial charge in [-0.25, -0.2) is 0 Å². The normalized spacial score (nSPS) is 12.2. The van der Waals surface area contributed by atoms with E-state index in [-0.39, 0.29) is 5.41 Å². The molecule has 0 heterocycles. The topological polar surface area (TPSA) is 35.8 Å². The van der Waals surface area contributed by atoms with Crippen LogP contribution in [0.2, 0.25) is 0 Å². The molecule has 1 rings (SSSR count). The van der Waals surface area contributed by atoms with E-state index in [0.717, 1.165) is 19.6 Å². The summed E-state index contributed by atoms with van der Waals surface area (Å²) < 4.78 is 0. The summed E-state index contributed by atoms with van der Waals surface area (Å²) in [6, 6.07) is 10.3. The number of rotatable bonds is 7. The first-order chi connectivity index (χ1) is 8.57. The van der Waals surface area contributed by atoms with Gasteiger partial charge in [0.25, 0.3) is 0 Å². The van der Waals surface area contributed by atoms with E-state index < -0.39 is 0 Å². The predicted molar refractivity (Wildman–Crippen MR) is 76.0 cm³/mol. The first-order valence-corrected chi connectivity index (χ1v) is 6.13. The molecule has 0 unspecified atom stereocenters. The van der Waals surface area contributed by atoms with Gasteiger partial charge in [-0.3, -0.25) is 4.90 Å². The van der Waals surface area contributed by atoms with E-state index in [4.69, 9.17) is 5.21 Å². The van der Waals surface area contributed by atoms with Crippen LogP contribution in [0, 0.1) is 5.41 Å². The van der Waals surface area contributed by atoms with Crippen molar-refractivity contribution in [3.05, 3.63) is 48.6 Å². The van der Waals surface area contributed by atoms with Crippen molar-refractivity contribution in [3.63, 3.8) is 0 Å². The van der Waals surface area contributed by atoms with Crippen molar-refractivity contribution in [1.29, 1.82) is 0 Å². The molecule has 98 valence electrons. The van der Waals surface area contributed by atoms with E-state index in [1.165, 1.54) is 5.56 Å². The Morgan fingerprint density at radius 1 is 1.33 bits per heavy atom. The van der Waals surface area contributed by atoms with Crippen molar-refractivity contribution in [2.24, 2.45) is 10.6 Å². The number of hydrogen-bond acceptors (Lipinski definition) is 3. The average Bonchev–Trinajstić information content (AvgIpc) is 2.29. The van der Waals surface area contributed by atoms with Gasteiger partial charge in [-0.05, 0) is 5.56 Å². The lowest BCUT2D eigenvalue weighted by Crippen LogP contribution is -2.35. The minimum atomic E-state index is -0.160. The molecule has 0 spiro atoms. The maximum absolute atomic E-state index is 8.67. The largest absolute Gasteiger partial charge is 0.411 e. The van der Waals surface area contributed by atoms with Crippen molar-refractivity contribution >= 4 is 6.21 Å². The molecule has 0 aliphatic rings. The Labute approximate surface area is 109 Å². The molecule has 0 aliphatic heterocycles. The fraction of sp³-hybridized carbons (Fsp3) is 0.400. The molecule has 0 bridgehead atoms. The highest BCUT2D eigenvalue weighted by molar-refractivity contribution is 5.64. The number of hydrogen-bond donors (Lipinski definition) is 1. The van der Waals surface area contributed by atoms with E-state index in [0.29, 0.717) is 0 Å². The van der Waals surface area contributed by atoms with Crippen molar-refractivity contribution < 1.29 is 5.21 Å². The smallest absolute Gasteiger partial charge is 0.0504 e. The molecule has 0 saturated carbocycles. The summed E-state index contributed by atoms with van der Waals surface area (Å²) in [6.45, 7) is 10.4. The molecule has 18 heavy (non-hydrogen) atoms. The first kappa shape index (κ1) is 14.5. The molecule has 1 N–H and O–H groups in total. The Bertz CT molecular complexity index is 385. The maximum atomic E-state index is 8.67. The Morgan fingerprint density at radius 2 is 2.00 bits per heavy atom. The molecule has 0 saturated heterocycles. The Morgan fingerprint density at radius 3 is 2.56 bits per heavy atom. The van der Waals surface area contributed by atoms with Gasteiger partial charge in [0.2, 0.25) is 0 Å².